The number of carbonyl (C=O) groups excluding carboxylic acids is 1. The SMILES string of the molecule is CCN(CC)c1cc(Nc2ccc(NC(=O)Cc3ccc(F)cc3)cc2)nc(C)n1. The van der Waals surface area contributed by atoms with E-state index in [2.05, 4.69) is 39.3 Å². The predicted octanol–water partition coefficient (Wildman–Crippen LogP) is 4.70. The fraction of sp³-hybridized carbons (Fsp3) is 0.261. The summed E-state index contributed by atoms with van der Waals surface area (Å²) in [7, 11) is 0. The molecule has 0 aliphatic carbocycles. The van der Waals surface area contributed by atoms with Crippen molar-refractivity contribution in [3.05, 3.63) is 71.8 Å². The zero-order chi connectivity index (χ0) is 21.5. The van der Waals surface area contributed by atoms with Crippen molar-refractivity contribution in [2.45, 2.75) is 27.2 Å². The van der Waals surface area contributed by atoms with Crippen molar-refractivity contribution in [1.29, 1.82) is 0 Å². The summed E-state index contributed by atoms with van der Waals surface area (Å²) in [6.45, 7) is 7.81. The van der Waals surface area contributed by atoms with E-state index in [4.69, 9.17) is 0 Å². The van der Waals surface area contributed by atoms with Crippen LogP contribution in [0.1, 0.15) is 25.2 Å². The average Bonchev–Trinajstić information content (AvgIpc) is 2.72. The van der Waals surface area contributed by atoms with Crippen molar-refractivity contribution in [1.82, 2.24) is 9.97 Å². The second-order valence-electron chi connectivity index (χ2n) is 6.88. The van der Waals surface area contributed by atoms with Gasteiger partial charge in [0.05, 0.1) is 6.42 Å². The Kier molecular flexibility index (Phi) is 6.95. The van der Waals surface area contributed by atoms with E-state index in [-0.39, 0.29) is 18.1 Å². The van der Waals surface area contributed by atoms with E-state index in [1.54, 1.807) is 12.1 Å². The van der Waals surface area contributed by atoms with E-state index in [0.717, 1.165) is 36.0 Å². The summed E-state index contributed by atoms with van der Waals surface area (Å²) in [6.07, 6.45) is 0.189. The normalized spacial score (nSPS) is 10.5. The Bertz CT molecular complexity index is 985. The summed E-state index contributed by atoms with van der Waals surface area (Å²) in [4.78, 5) is 23.3. The van der Waals surface area contributed by atoms with E-state index in [9.17, 15) is 9.18 Å². The van der Waals surface area contributed by atoms with Gasteiger partial charge >= 0.3 is 0 Å². The van der Waals surface area contributed by atoms with Crippen molar-refractivity contribution >= 4 is 28.9 Å². The number of rotatable bonds is 8. The number of carbonyl (C=O) groups is 1. The minimum Gasteiger partial charge on any atom is -0.357 e. The lowest BCUT2D eigenvalue weighted by Gasteiger charge is -2.20. The van der Waals surface area contributed by atoms with E-state index < -0.39 is 0 Å². The van der Waals surface area contributed by atoms with Gasteiger partial charge in [-0.05, 0) is 62.7 Å². The molecule has 0 fully saturated rings. The molecule has 1 amide bonds. The molecule has 0 aliphatic rings. The molecule has 0 aliphatic heterocycles. The van der Waals surface area contributed by atoms with Crippen molar-refractivity contribution in [2.24, 2.45) is 0 Å². The first-order valence-electron chi connectivity index (χ1n) is 9.99. The highest BCUT2D eigenvalue weighted by atomic mass is 19.1. The largest absolute Gasteiger partial charge is 0.357 e. The van der Waals surface area contributed by atoms with Crippen molar-refractivity contribution in [3.63, 3.8) is 0 Å². The molecule has 0 spiro atoms. The van der Waals surface area contributed by atoms with Gasteiger partial charge in [-0.15, -0.1) is 0 Å². The van der Waals surface area contributed by atoms with Gasteiger partial charge in [0.1, 0.15) is 23.3 Å². The van der Waals surface area contributed by atoms with Crippen LogP contribution in [-0.2, 0) is 11.2 Å². The molecule has 3 rings (SSSR count). The quantitative estimate of drug-likeness (QED) is 0.567. The Labute approximate surface area is 176 Å². The van der Waals surface area contributed by atoms with Crippen LogP contribution in [-0.4, -0.2) is 29.0 Å². The monoisotopic (exact) mass is 407 g/mol. The first-order chi connectivity index (χ1) is 14.5. The summed E-state index contributed by atoms with van der Waals surface area (Å²) in [5.41, 5.74) is 2.31. The first-order valence-corrected chi connectivity index (χ1v) is 9.99. The Morgan fingerprint density at radius 1 is 0.967 bits per heavy atom. The summed E-state index contributed by atoms with van der Waals surface area (Å²) in [5, 5.41) is 6.14. The van der Waals surface area contributed by atoms with Crippen LogP contribution in [0.25, 0.3) is 0 Å². The molecule has 7 heteroatoms. The van der Waals surface area contributed by atoms with Gasteiger partial charge in [-0.1, -0.05) is 12.1 Å². The highest BCUT2D eigenvalue weighted by Crippen LogP contribution is 2.21. The molecule has 1 heterocycles. The van der Waals surface area contributed by atoms with Crippen LogP contribution in [0.4, 0.5) is 27.4 Å². The van der Waals surface area contributed by atoms with Gasteiger partial charge in [0.15, 0.2) is 0 Å². The van der Waals surface area contributed by atoms with Crippen LogP contribution in [0, 0.1) is 12.7 Å². The maximum Gasteiger partial charge on any atom is 0.228 e. The standard InChI is InChI=1S/C23H26FN5O/c1-4-29(5-2)22-15-21(25-16(3)26-22)27-19-10-12-20(13-11-19)28-23(30)14-17-6-8-18(24)9-7-17/h6-13,15H,4-5,14H2,1-3H3,(H,28,30)(H,25,26,27). The molecule has 2 aromatic carbocycles. The molecule has 1 aromatic heterocycles. The number of anilines is 4. The summed E-state index contributed by atoms with van der Waals surface area (Å²) in [6, 6.07) is 15.3. The average molecular weight is 407 g/mol. The molecule has 0 bridgehead atoms. The van der Waals surface area contributed by atoms with Gasteiger partial charge in [-0.3, -0.25) is 4.79 Å². The molecule has 0 saturated heterocycles. The smallest absolute Gasteiger partial charge is 0.228 e. The molecule has 0 atom stereocenters. The maximum absolute atomic E-state index is 13.0. The summed E-state index contributed by atoms with van der Waals surface area (Å²) >= 11 is 0. The number of amides is 1. The van der Waals surface area contributed by atoms with Gasteiger partial charge in [0.25, 0.3) is 0 Å². The Balaban J connectivity index is 1.63. The Morgan fingerprint density at radius 2 is 1.60 bits per heavy atom. The number of halogens is 1. The fourth-order valence-electron chi connectivity index (χ4n) is 3.10. The molecule has 0 unspecified atom stereocenters. The van der Waals surface area contributed by atoms with Gasteiger partial charge < -0.3 is 15.5 Å². The second kappa shape index (κ2) is 9.82. The van der Waals surface area contributed by atoms with Gasteiger partial charge in [0, 0.05) is 30.5 Å². The molecule has 0 saturated carbocycles. The zero-order valence-electron chi connectivity index (χ0n) is 17.4. The van der Waals surface area contributed by atoms with Gasteiger partial charge in [-0.25, -0.2) is 14.4 Å². The van der Waals surface area contributed by atoms with Crippen molar-refractivity contribution < 1.29 is 9.18 Å². The van der Waals surface area contributed by atoms with E-state index >= 15 is 0 Å². The topological polar surface area (TPSA) is 70.2 Å². The van der Waals surface area contributed by atoms with E-state index in [0.29, 0.717) is 11.5 Å². The van der Waals surface area contributed by atoms with Crippen LogP contribution >= 0.6 is 0 Å². The number of nitrogens with one attached hydrogen (secondary N) is 2. The Morgan fingerprint density at radius 3 is 2.23 bits per heavy atom. The summed E-state index contributed by atoms with van der Waals surface area (Å²) < 4.78 is 13.0. The fourth-order valence-corrected chi connectivity index (χ4v) is 3.10. The highest BCUT2D eigenvalue weighted by molar-refractivity contribution is 5.92. The third kappa shape index (κ3) is 5.76. The molecule has 3 aromatic rings. The van der Waals surface area contributed by atoms with Crippen LogP contribution < -0.4 is 15.5 Å². The molecule has 30 heavy (non-hydrogen) atoms. The predicted molar refractivity (Wildman–Crippen MR) is 119 cm³/mol. The molecular formula is C23H26FN5O. The zero-order valence-corrected chi connectivity index (χ0v) is 17.4. The summed E-state index contributed by atoms with van der Waals surface area (Å²) in [5.74, 6) is 1.84. The lowest BCUT2D eigenvalue weighted by Crippen LogP contribution is -2.23. The van der Waals surface area contributed by atoms with E-state index in [1.165, 1.54) is 12.1 Å². The van der Waals surface area contributed by atoms with Crippen molar-refractivity contribution in [2.75, 3.05) is 28.6 Å². The maximum atomic E-state index is 13.0. The van der Waals surface area contributed by atoms with E-state index in [1.807, 2.05) is 37.3 Å². The van der Waals surface area contributed by atoms with Gasteiger partial charge in [-0.2, -0.15) is 0 Å². The third-order valence-electron chi connectivity index (χ3n) is 4.63. The van der Waals surface area contributed by atoms with Crippen LogP contribution in [0.3, 0.4) is 0 Å². The first kappa shape index (κ1) is 21.2. The molecule has 2 N–H and O–H groups in total. The number of hydrogen-bond acceptors (Lipinski definition) is 5. The molecule has 0 radical (unpaired) electrons. The number of benzene rings is 2. The minimum atomic E-state index is -0.314. The van der Waals surface area contributed by atoms with Crippen molar-refractivity contribution in [3.8, 4) is 0 Å². The van der Waals surface area contributed by atoms with Crippen LogP contribution in [0.15, 0.2) is 54.6 Å². The number of hydrogen-bond donors (Lipinski definition) is 2. The number of aromatic nitrogens is 2. The third-order valence-corrected chi connectivity index (χ3v) is 4.63. The highest BCUT2D eigenvalue weighted by Gasteiger charge is 2.08. The lowest BCUT2D eigenvalue weighted by molar-refractivity contribution is -0.115. The second-order valence-corrected chi connectivity index (χ2v) is 6.88. The molecule has 6 nitrogen and oxygen atoms in total. The molecule has 156 valence electrons. The minimum absolute atomic E-state index is 0.155. The van der Waals surface area contributed by atoms with Crippen LogP contribution in [0.5, 0.6) is 0 Å². The van der Waals surface area contributed by atoms with Gasteiger partial charge in [0.2, 0.25) is 5.91 Å². The number of nitrogens with zero attached hydrogens (tertiary/aromatic N) is 3. The van der Waals surface area contributed by atoms with Crippen LogP contribution in [0.2, 0.25) is 0 Å². The molecular weight excluding hydrogens is 381 g/mol. The Hall–Kier alpha value is -3.48. The lowest BCUT2D eigenvalue weighted by atomic mass is 10.1. The number of aryl methyl sites for hydroxylation is 1.